The first kappa shape index (κ1) is 17.0. The zero-order valence-corrected chi connectivity index (χ0v) is 14.8. The van der Waals surface area contributed by atoms with E-state index in [2.05, 4.69) is 10.3 Å². The summed E-state index contributed by atoms with van der Waals surface area (Å²) in [6, 6.07) is 17.4. The Balaban J connectivity index is 1.75. The van der Waals surface area contributed by atoms with E-state index in [0.29, 0.717) is 10.1 Å². The van der Waals surface area contributed by atoms with Crippen LogP contribution in [0.4, 0.5) is 5.69 Å². The Morgan fingerprint density at radius 3 is 2.52 bits per heavy atom. The Labute approximate surface area is 151 Å². The van der Waals surface area contributed by atoms with Crippen molar-refractivity contribution in [2.45, 2.75) is 6.92 Å². The van der Waals surface area contributed by atoms with Crippen molar-refractivity contribution >= 4 is 34.6 Å². The minimum Gasteiger partial charge on any atom is -0.497 e. The molecule has 2 aromatic carbocycles. The summed E-state index contributed by atoms with van der Waals surface area (Å²) in [6.45, 7) is 1.98. The second-order valence-electron chi connectivity index (χ2n) is 5.48. The molecule has 0 unspecified atom stereocenters. The Morgan fingerprint density at radius 1 is 1.12 bits per heavy atom. The van der Waals surface area contributed by atoms with E-state index in [1.165, 1.54) is 11.8 Å². The molecule has 126 valence electrons. The Bertz CT molecular complexity index is 853. The third-order valence-electron chi connectivity index (χ3n) is 3.51. The summed E-state index contributed by atoms with van der Waals surface area (Å²) in [5.41, 5.74) is 2.88. The quantitative estimate of drug-likeness (QED) is 0.824. The van der Waals surface area contributed by atoms with Crippen LogP contribution in [0.25, 0.3) is 6.08 Å². The zero-order chi connectivity index (χ0) is 17.6. The summed E-state index contributed by atoms with van der Waals surface area (Å²) in [7, 11) is 1.62. The molecule has 1 saturated heterocycles. The van der Waals surface area contributed by atoms with Gasteiger partial charge >= 0.3 is 0 Å². The van der Waals surface area contributed by atoms with Crippen LogP contribution in [-0.2, 0) is 4.79 Å². The van der Waals surface area contributed by atoms with Crippen LogP contribution in [0.15, 0.2) is 76.1 Å². The van der Waals surface area contributed by atoms with Gasteiger partial charge in [0.05, 0.1) is 17.7 Å². The summed E-state index contributed by atoms with van der Waals surface area (Å²) in [6.07, 6.45) is 3.92. The first-order chi connectivity index (χ1) is 12.1. The largest absolute Gasteiger partial charge is 0.497 e. The van der Waals surface area contributed by atoms with Crippen molar-refractivity contribution < 1.29 is 9.53 Å². The van der Waals surface area contributed by atoms with Gasteiger partial charge in [0, 0.05) is 0 Å². The second kappa shape index (κ2) is 7.85. The molecule has 1 heterocycles. The molecule has 1 amide bonds. The molecule has 25 heavy (non-hydrogen) atoms. The third-order valence-corrected chi connectivity index (χ3v) is 4.42. The highest BCUT2D eigenvalue weighted by atomic mass is 32.2. The minimum absolute atomic E-state index is 0.127. The number of carbonyl (C=O) groups is 1. The number of hydrogen-bond acceptors (Lipinski definition) is 4. The first-order valence-electron chi connectivity index (χ1n) is 7.81. The SMILES string of the molecule is COc1ccc(N=C2NC(=O)/C(=C/C(C)=C/c3ccccc3)S2)cc1. The molecule has 0 atom stereocenters. The monoisotopic (exact) mass is 350 g/mol. The number of benzene rings is 2. The van der Waals surface area contributed by atoms with E-state index >= 15 is 0 Å². The van der Waals surface area contributed by atoms with Crippen molar-refractivity contribution in [2.24, 2.45) is 4.99 Å². The molecule has 0 aliphatic carbocycles. The van der Waals surface area contributed by atoms with Gasteiger partial charge in [0.25, 0.3) is 5.91 Å². The number of amidine groups is 1. The summed E-state index contributed by atoms with van der Waals surface area (Å²) < 4.78 is 5.13. The van der Waals surface area contributed by atoms with Gasteiger partial charge in [-0.2, -0.15) is 0 Å². The van der Waals surface area contributed by atoms with Gasteiger partial charge in [0.15, 0.2) is 5.17 Å². The van der Waals surface area contributed by atoms with Crippen LogP contribution in [0.1, 0.15) is 12.5 Å². The standard InChI is InChI=1S/C20H18N2O2S/c1-14(12-15-6-4-3-5-7-15)13-18-19(23)22-20(25-18)21-16-8-10-17(24-2)11-9-16/h3-13H,1-2H3,(H,21,22,23)/b14-12+,18-13-. The predicted molar refractivity (Wildman–Crippen MR) is 104 cm³/mol. The lowest BCUT2D eigenvalue weighted by Crippen LogP contribution is -2.19. The van der Waals surface area contributed by atoms with E-state index in [-0.39, 0.29) is 5.91 Å². The summed E-state index contributed by atoms with van der Waals surface area (Å²) in [4.78, 5) is 17.2. The molecule has 0 spiro atoms. The van der Waals surface area contributed by atoms with Crippen LogP contribution >= 0.6 is 11.8 Å². The van der Waals surface area contributed by atoms with E-state index in [1.807, 2.05) is 73.7 Å². The lowest BCUT2D eigenvalue weighted by atomic mass is 10.1. The lowest BCUT2D eigenvalue weighted by molar-refractivity contribution is -0.115. The number of methoxy groups -OCH3 is 1. The fraction of sp³-hybridized carbons (Fsp3) is 0.100. The van der Waals surface area contributed by atoms with Crippen molar-refractivity contribution in [3.63, 3.8) is 0 Å². The number of carbonyl (C=O) groups excluding carboxylic acids is 1. The molecular weight excluding hydrogens is 332 g/mol. The first-order valence-corrected chi connectivity index (χ1v) is 8.63. The number of amides is 1. The molecule has 2 aromatic rings. The average Bonchev–Trinajstić information content (AvgIpc) is 2.95. The van der Waals surface area contributed by atoms with E-state index < -0.39 is 0 Å². The number of ether oxygens (including phenoxy) is 1. The number of nitrogens with zero attached hydrogens (tertiary/aromatic N) is 1. The highest BCUT2D eigenvalue weighted by Crippen LogP contribution is 2.28. The van der Waals surface area contributed by atoms with Crippen LogP contribution < -0.4 is 10.1 Å². The van der Waals surface area contributed by atoms with Crippen molar-refractivity contribution in [3.05, 3.63) is 76.7 Å². The normalized spacial score (nSPS) is 17.8. The van der Waals surface area contributed by atoms with Crippen LogP contribution in [0, 0.1) is 0 Å². The third kappa shape index (κ3) is 4.61. The molecule has 0 aromatic heterocycles. The maximum absolute atomic E-state index is 12.1. The van der Waals surface area contributed by atoms with Crippen molar-refractivity contribution in [1.29, 1.82) is 0 Å². The fourth-order valence-electron chi connectivity index (χ4n) is 2.32. The number of thioether (sulfide) groups is 1. The number of hydrogen-bond donors (Lipinski definition) is 1. The van der Waals surface area contributed by atoms with Crippen molar-refractivity contribution in [1.82, 2.24) is 5.32 Å². The Morgan fingerprint density at radius 2 is 1.84 bits per heavy atom. The van der Waals surface area contributed by atoms with Gasteiger partial charge in [-0.15, -0.1) is 0 Å². The molecule has 1 N–H and O–H groups in total. The summed E-state index contributed by atoms with van der Waals surface area (Å²) in [5, 5.41) is 3.38. The van der Waals surface area contributed by atoms with Gasteiger partial charge in [0.1, 0.15) is 5.75 Å². The maximum Gasteiger partial charge on any atom is 0.264 e. The Hall–Kier alpha value is -2.79. The summed E-state index contributed by atoms with van der Waals surface area (Å²) in [5.74, 6) is 0.646. The molecule has 5 heteroatoms. The molecule has 1 aliphatic heterocycles. The lowest BCUT2D eigenvalue weighted by Gasteiger charge is -1.99. The Kier molecular flexibility index (Phi) is 5.36. The maximum atomic E-state index is 12.1. The molecule has 1 fully saturated rings. The number of rotatable bonds is 4. The van der Waals surface area contributed by atoms with Gasteiger partial charge in [-0.1, -0.05) is 36.4 Å². The number of aliphatic imine (C=N–C) groups is 1. The van der Waals surface area contributed by atoms with Gasteiger partial charge < -0.3 is 10.1 Å². The number of allylic oxidation sites excluding steroid dienone is 2. The van der Waals surface area contributed by atoms with E-state index in [4.69, 9.17) is 4.74 Å². The molecule has 0 bridgehead atoms. The van der Waals surface area contributed by atoms with Crippen molar-refractivity contribution in [2.75, 3.05) is 7.11 Å². The molecule has 0 radical (unpaired) electrons. The van der Waals surface area contributed by atoms with Crippen LogP contribution in [0.5, 0.6) is 5.75 Å². The van der Waals surface area contributed by atoms with Gasteiger partial charge in [0.2, 0.25) is 0 Å². The van der Waals surface area contributed by atoms with E-state index in [9.17, 15) is 4.79 Å². The minimum atomic E-state index is -0.127. The van der Waals surface area contributed by atoms with Crippen molar-refractivity contribution in [3.8, 4) is 5.75 Å². The topological polar surface area (TPSA) is 50.7 Å². The van der Waals surface area contributed by atoms with Gasteiger partial charge in [-0.25, -0.2) is 4.99 Å². The zero-order valence-electron chi connectivity index (χ0n) is 14.0. The molecule has 4 nitrogen and oxygen atoms in total. The average molecular weight is 350 g/mol. The van der Waals surface area contributed by atoms with E-state index in [1.54, 1.807) is 7.11 Å². The highest BCUT2D eigenvalue weighted by molar-refractivity contribution is 8.18. The van der Waals surface area contributed by atoms with Gasteiger partial charge in [-0.05, 0) is 60.2 Å². The smallest absolute Gasteiger partial charge is 0.264 e. The summed E-state index contributed by atoms with van der Waals surface area (Å²) >= 11 is 1.34. The van der Waals surface area contributed by atoms with E-state index in [0.717, 1.165) is 22.6 Å². The molecule has 3 rings (SSSR count). The van der Waals surface area contributed by atoms with Crippen LogP contribution in [-0.4, -0.2) is 18.2 Å². The van der Waals surface area contributed by atoms with Crippen LogP contribution in [0.2, 0.25) is 0 Å². The fourth-order valence-corrected chi connectivity index (χ4v) is 3.21. The molecular formula is C20H18N2O2S. The van der Waals surface area contributed by atoms with Crippen LogP contribution in [0.3, 0.4) is 0 Å². The van der Waals surface area contributed by atoms with Gasteiger partial charge in [-0.3, -0.25) is 4.79 Å². The number of nitrogens with one attached hydrogen (secondary N) is 1. The second-order valence-corrected chi connectivity index (χ2v) is 6.51. The molecule has 0 saturated carbocycles. The highest BCUT2D eigenvalue weighted by Gasteiger charge is 2.23. The predicted octanol–water partition coefficient (Wildman–Crippen LogP) is 4.53. The molecule has 1 aliphatic rings.